The van der Waals surface area contributed by atoms with Gasteiger partial charge in [-0.15, -0.1) is 0 Å². The van der Waals surface area contributed by atoms with Gasteiger partial charge in [-0.1, -0.05) is 36.8 Å². The molecule has 0 spiro atoms. The molecule has 4 heteroatoms. The van der Waals surface area contributed by atoms with Crippen LogP contribution in [-0.4, -0.2) is 23.4 Å². The summed E-state index contributed by atoms with van der Waals surface area (Å²) in [5.41, 5.74) is 3.40. The van der Waals surface area contributed by atoms with E-state index in [1.807, 2.05) is 30.3 Å². The lowest BCUT2D eigenvalue weighted by Gasteiger charge is -2.42. The van der Waals surface area contributed by atoms with Crippen molar-refractivity contribution in [1.82, 2.24) is 10.3 Å². The second-order valence-corrected chi connectivity index (χ2v) is 5.96. The Morgan fingerprint density at radius 1 is 1.20 bits per heavy atom. The smallest absolute Gasteiger partial charge is 0.255 e. The van der Waals surface area contributed by atoms with Crippen molar-refractivity contribution in [1.29, 1.82) is 0 Å². The number of hydrogen-bond acceptors (Lipinski definition) is 3. The molecule has 1 aromatic carbocycles. The molecule has 1 saturated heterocycles. The van der Waals surface area contributed by atoms with E-state index in [2.05, 4.69) is 10.3 Å². The summed E-state index contributed by atoms with van der Waals surface area (Å²) in [7, 11) is 0. The number of likely N-dealkylation sites (tertiary alicyclic amines) is 1. The molecule has 3 atom stereocenters. The van der Waals surface area contributed by atoms with E-state index in [9.17, 15) is 4.79 Å². The molecule has 1 aliphatic heterocycles. The lowest BCUT2D eigenvalue weighted by atomic mass is 9.89. The second kappa shape index (κ2) is 5.94. The Bertz CT molecular complexity index is 462. The Hall–Kier alpha value is -1.39. The lowest BCUT2D eigenvalue weighted by molar-refractivity contribution is -0.129. The highest BCUT2D eigenvalue weighted by molar-refractivity contribution is 5.82. The Morgan fingerprint density at radius 3 is 2.70 bits per heavy atom. The number of benzene rings is 1. The van der Waals surface area contributed by atoms with Gasteiger partial charge in [-0.3, -0.25) is 15.1 Å². The molecule has 2 fully saturated rings. The molecular weight excluding hydrogens is 250 g/mol. The molecule has 3 unspecified atom stereocenters. The number of carbonyl (C=O) groups is 1. The number of carbonyl (C=O) groups excluding carboxylic acids is 1. The normalized spacial score (nSPS) is 27.9. The first-order valence-electron chi connectivity index (χ1n) is 7.62. The molecule has 2 aliphatic rings. The molecule has 4 nitrogen and oxygen atoms in total. The minimum atomic E-state index is -0.243. The topological polar surface area (TPSA) is 58.4 Å². The van der Waals surface area contributed by atoms with Crippen molar-refractivity contribution in [3.05, 3.63) is 35.9 Å². The van der Waals surface area contributed by atoms with Gasteiger partial charge in [-0.25, -0.2) is 5.84 Å². The summed E-state index contributed by atoms with van der Waals surface area (Å²) in [4.78, 5) is 14.7. The van der Waals surface area contributed by atoms with E-state index in [1.165, 1.54) is 32.1 Å². The van der Waals surface area contributed by atoms with Crippen LogP contribution < -0.4 is 11.3 Å². The van der Waals surface area contributed by atoms with Gasteiger partial charge in [0, 0.05) is 6.04 Å². The highest BCUT2D eigenvalue weighted by Gasteiger charge is 2.40. The molecular formula is C16H23N3O. The van der Waals surface area contributed by atoms with E-state index >= 15 is 0 Å². The van der Waals surface area contributed by atoms with Gasteiger partial charge in [0.15, 0.2) is 0 Å². The van der Waals surface area contributed by atoms with E-state index in [-0.39, 0.29) is 11.9 Å². The summed E-state index contributed by atoms with van der Waals surface area (Å²) in [5.74, 6) is 6.10. The van der Waals surface area contributed by atoms with Gasteiger partial charge in [0.1, 0.15) is 6.04 Å². The number of nitrogens with two attached hydrogens (primary N) is 1. The van der Waals surface area contributed by atoms with Crippen molar-refractivity contribution in [3.63, 3.8) is 0 Å². The van der Waals surface area contributed by atoms with Crippen molar-refractivity contribution in [3.8, 4) is 0 Å². The summed E-state index contributed by atoms with van der Waals surface area (Å²) in [6.45, 7) is 0.994. The van der Waals surface area contributed by atoms with Crippen molar-refractivity contribution < 1.29 is 4.79 Å². The van der Waals surface area contributed by atoms with Gasteiger partial charge in [0.05, 0.1) is 0 Å². The van der Waals surface area contributed by atoms with Crippen LogP contribution in [-0.2, 0) is 4.79 Å². The number of rotatable bonds is 3. The fourth-order valence-electron chi connectivity index (χ4n) is 4.02. The molecule has 0 aromatic heterocycles. The summed E-state index contributed by atoms with van der Waals surface area (Å²) in [6, 6.07) is 10.3. The minimum Gasteiger partial charge on any atom is -0.293 e. The van der Waals surface area contributed by atoms with Crippen LogP contribution in [0.4, 0.5) is 0 Å². The molecule has 3 N–H and O–H groups in total. The summed E-state index contributed by atoms with van der Waals surface area (Å²) in [5, 5.41) is 0. The van der Waals surface area contributed by atoms with Crippen molar-refractivity contribution in [2.45, 2.75) is 44.2 Å². The predicted octanol–water partition coefficient (Wildman–Crippen LogP) is 1.98. The molecule has 1 amide bonds. The van der Waals surface area contributed by atoms with E-state index in [1.54, 1.807) is 0 Å². The van der Waals surface area contributed by atoms with Crippen LogP contribution in [0.15, 0.2) is 30.3 Å². The average molecular weight is 273 g/mol. The van der Waals surface area contributed by atoms with Gasteiger partial charge < -0.3 is 0 Å². The van der Waals surface area contributed by atoms with Gasteiger partial charge in [0.25, 0.3) is 5.91 Å². The highest BCUT2D eigenvalue weighted by atomic mass is 16.2. The third kappa shape index (κ3) is 2.45. The summed E-state index contributed by atoms with van der Waals surface area (Å²) >= 11 is 0. The van der Waals surface area contributed by atoms with Crippen molar-refractivity contribution in [2.75, 3.05) is 6.54 Å². The lowest BCUT2D eigenvalue weighted by Crippen LogP contribution is -2.50. The first-order chi connectivity index (χ1) is 9.81. The maximum absolute atomic E-state index is 12.3. The monoisotopic (exact) mass is 273 g/mol. The van der Waals surface area contributed by atoms with Crippen molar-refractivity contribution in [2.24, 2.45) is 11.8 Å². The van der Waals surface area contributed by atoms with Crippen LogP contribution in [0.2, 0.25) is 0 Å². The molecule has 1 saturated carbocycles. The number of nitrogens with one attached hydrogen (secondary N) is 1. The molecule has 0 bridgehead atoms. The Labute approximate surface area is 120 Å². The zero-order valence-electron chi connectivity index (χ0n) is 11.8. The molecule has 1 heterocycles. The minimum absolute atomic E-state index is 0.0938. The molecule has 3 rings (SSSR count). The van der Waals surface area contributed by atoms with Crippen LogP contribution >= 0.6 is 0 Å². The number of hydrazine groups is 1. The zero-order chi connectivity index (χ0) is 13.9. The van der Waals surface area contributed by atoms with E-state index < -0.39 is 0 Å². The predicted molar refractivity (Wildman–Crippen MR) is 78.6 cm³/mol. The maximum atomic E-state index is 12.3. The Kier molecular flexibility index (Phi) is 4.03. The SMILES string of the molecule is NNC(=O)C(c1ccccc1)N1CCCC2CCCC21. The molecule has 0 radical (unpaired) electrons. The van der Waals surface area contributed by atoms with Crippen molar-refractivity contribution >= 4 is 5.91 Å². The first kappa shape index (κ1) is 13.6. The van der Waals surface area contributed by atoms with Crippen LogP contribution in [0.5, 0.6) is 0 Å². The Morgan fingerprint density at radius 2 is 1.95 bits per heavy atom. The van der Waals surface area contributed by atoms with Crippen LogP contribution in [0, 0.1) is 5.92 Å². The van der Waals surface area contributed by atoms with E-state index in [0.29, 0.717) is 6.04 Å². The number of amides is 1. The fraction of sp³-hybridized carbons (Fsp3) is 0.562. The summed E-state index contributed by atoms with van der Waals surface area (Å²) in [6.07, 6.45) is 6.31. The average Bonchev–Trinajstić information content (AvgIpc) is 2.98. The van der Waals surface area contributed by atoms with Gasteiger partial charge >= 0.3 is 0 Å². The molecule has 1 aromatic rings. The van der Waals surface area contributed by atoms with E-state index in [4.69, 9.17) is 5.84 Å². The number of piperidine rings is 1. The Balaban J connectivity index is 1.90. The number of hydrogen-bond donors (Lipinski definition) is 2. The fourth-order valence-corrected chi connectivity index (χ4v) is 4.02. The largest absolute Gasteiger partial charge is 0.293 e. The summed E-state index contributed by atoms with van der Waals surface area (Å²) < 4.78 is 0. The quantitative estimate of drug-likeness (QED) is 0.503. The number of nitrogens with zero attached hydrogens (tertiary/aromatic N) is 1. The van der Waals surface area contributed by atoms with Gasteiger partial charge in [-0.05, 0) is 43.7 Å². The second-order valence-electron chi connectivity index (χ2n) is 5.96. The van der Waals surface area contributed by atoms with E-state index in [0.717, 1.165) is 18.0 Å². The standard InChI is InChI=1S/C16H23N3O/c17-18-16(20)15(13-6-2-1-3-7-13)19-11-5-9-12-8-4-10-14(12)19/h1-3,6-7,12,14-15H,4-5,8-11,17H2,(H,18,20). The van der Waals surface area contributed by atoms with Gasteiger partial charge in [-0.2, -0.15) is 0 Å². The number of fused-ring (bicyclic) bond motifs is 1. The highest BCUT2D eigenvalue weighted by Crippen LogP contribution is 2.40. The molecule has 108 valence electrons. The third-order valence-electron chi connectivity index (χ3n) is 4.87. The molecule has 20 heavy (non-hydrogen) atoms. The molecule has 1 aliphatic carbocycles. The van der Waals surface area contributed by atoms with Crippen LogP contribution in [0.1, 0.15) is 43.7 Å². The third-order valence-corrected chi connectivity index (χ3v) is 4.87. The maximum Gasteiger partial charge on any atom is 0.255 e. The van der Waals surface area contributed by atoms with Gasteiger partial charge in [0.2, 0.25) is 0 Å². The van der Waals surface area contributed by atoms with Crippen LogP contribution in [0.3, 0.4) is 0 Å². The first-order valence-corrected chi connectivity index (χ1v) is 7.62. The van der Waals surface area contributed by atoms with Crippen LogP contribution in [0.25, 0.3) is 0 Å². The zero-order valence-corrected chi connectivity index (χ0v) is 11.8.